The minimum absolute atomic E-state index is 0.177. The number of hydrogen-bond donors (Lipinski definition) is 2. The van der Waals surface area contributed by atoms with Crippen LogP contribution < -0.4 is 10.6 Å². The zero-order valence-corrected chi connectivity index (χ0v) is 13.0. The Morgan fingerprint density at radius 3 is 2.74 bits per heavy atom. The predicted octanol–water partition coefficient (Wildman–Crippen LogP) is 1.75. The third-order valence-corrected chi connectivity index (χ3v) is 4.17. The molecule has 1 rings (SSSR count). The van der Waals surface area contributed by atoms with Crippen LogP contribution >= 0.6 is 0 Å². The maximum absolute atomic E-state index is 12.1. The lowest BCUT2D eigenvalue weighted by Crippen LogP contribution is -2.53. The number of nitrogens with one attached hydrogen (secondary N) is 2. The molecule has 1 aliphatic heterocycles. The molecule has 0 radical (unpaired) electrons. The largest absolute Gasteiger partial charge is 0.353 e. The Kier molecular flexibility index (Phi) is 7.39. The van der Waals surface area contributed by atoms with Gasteiger partial charge in [-0.25, -0.2) is 0 Å². The minimum atomic E-state index is 0.177. The lowest BCUT2D eigenvalue weighted by molar-refractivity contribution is -0.124. The van der Waals surface area contributed by atoms with E-state index in [4.69, 9.17) is 0 Å². The van der Waals surface area contributed by atoms with Crippen molar-refractivity contribution >= 4 is 5.91 Å². The Balaban J connectivity index is 2.45. The molecule has 1 fully saturated rings. The molecule has 3 atom stereocenters. The molecule has 19 heavy (non-hydrogen) atoms. The highest BCUT2D eigenvalue weighted by atomic mass is 16.2. The van der Waals surface area contributed by atoms with E-state index in [2.05, 4.69) is 36.3 Å². The molecule has 1 heterocycles. The summed E-state index contributed by atoms with van der Waals surface area (Å²) < 4.78 is 0. The fourth-order valence-electron chi connectivity index (χ4n) is 2.98. The molecule has 0 spiro atoms. The van der Waals surface area contributed by atoms with Gasteiger partial charge in [0.1, 0.15) is 0 Å². The van der Waals surface area contributed by atoms with Gasteiger partial charge in [0, 0.05) is 18.1 Å². The average molecular weight is 269 g/mol. The zero-order chi connectivity index (χ0) is 14.3. The molecule has 1 aliphatic rings. The van der Waals surface area contributed by atoms with Crippen molar-refractivity contribution < 1.29 is 4.79 Å². The third-order valence-electron chi connectivity index (χ3n) is 4.17. The molecule has 3 unspecified atom stereocenters. The molecule has 4 nitrogen and oxygen atoms in total. The second-order valence-corrected chi connectivity index (χ2v) is 5.87. The SMILES string of the molecule is CCCC(C)NC(=O)CN1CCCCC1C(C)NC. The standard InChI is InChI=1S/C15H31N3O/c1-5-8-12(2)17-15(19)11-18-10-7-6-9-14(18)13(3)16-4/h12-14,16H,5-11H2,1-4H3,(H,17,19). The van der Waals surface area contributed by atoms with E-state index >= 15 is 0 Å². The van der Waals surface area contributed by atoms with E-state index in [1.807, 2.05) is 7.05 Å². The molecule has 0 aliphatic carbocycles. The summed E-state index contributed by atoms with van der Waals surface area (Å²) in [4.78, 5) is 14.4. The zero-order valence-electron chi connectivity index (χ0n) is 13.0. The van der Waals surface area contributed by atoms with Crippen molar-refractivity contribution in [1.29, 1.82) is 0 Å². The average Bonchev–Trinajstić information content (AvgIpc) is 2.38. The summed E-state index contributed by atoms with van der Waals surface area (Å²) in [6, 6.07) is 1.23. The lowest BCUT2D eigenvalue weighted by atomic mass is 9.96. The predicted molar refractivity (Wildman–Crippen MR) is 80.2 cm³/mol. The minimum Gasteiger partial charge on any atom is -0.353 e. The van der Waals surface area contributed by atoms with Gasteiger partial charge in [-0.2, -0.15) is 0 Å². The maximum Gasteiger partial charge on any atom is 0.234 e. The number of likely N-dealkylation sites (tertiary alicyclic amines) is 1. The van der Waals surface area contributed by atoms with Crippen LogP contribution in [-0.2, 0) is 4.79 Å². The van der Waals surface area contributed by atoms with Crippen LogP contribution in [0.4, 0.5) is 0 Å². The number of carbonyl (C=O) groups excluding carboxylic acids is 1. The number of piperidine rings is 1. The second kappa shape index (κ2) is 8.54. The highest BCUT2D eigenvalue weighted by Crippen LogP contribution is 2.19. The van der Waals surface area contributed by atoms with E-state index in [-0.39, 0.29) is 5.91 Å². The number of hydrogen-bond acceptors (Lipinski definition) is 3. The van der Waals surface area contributed by atoms with E-state index in [0.29, 0.717) is 24.7 Å². The second-order valence-electron chi connectivity index (χ2n) is 5.87. The van der Waals surface area contributed by atoms with Crippen LogP contribution in [0.25, 0.3) is 0 Å². The van der Waals surface area contributed by atoms with Gasteiger partial charge in [-0.15, -0.1) is 0 Å². The van der Waals surface area contributed by atoms with Gasteiger partial charge in [0.2, 0.25) is 5.91 Å². The third kappa shape index (κ3) is 5.49. The van der Waals surface area contributed by atoms with Gasteiger partial charge in [-0.3, -0.25) is 9.69 Å². The van der Waals surface area contributed by atoms with Crippen LogP contribution in [-0.4, -0.2) is 49.1 Å². The van der Waals surface area contributed by atoms with Crippen LogP contribution in [0.15, 0.2) is 0 Å². The Bertz CT molecular complexity index is 270. The van der Waals surface area contributed by atoms with Crippen LogP contribution in [0.5, 0.6) is 0 Å². The van der Waals surface area contributed by atoms with E-state index in [9.17, 15) is 4.79 Å². The smallest absolute Gasteiger partial charge is 0.234 e. The van der Waals surface area contributed by atoms with Gasteiger partial charge >= 0.3 is 0 Å². The number of likely N-dealkylation sites (N-methyl/N-ethyl adjacent to an activating group) is 1. The molecule has 0 aromatic carbocycles. The van der Waals surface area contributed by atoms with Gasteiger partial charge in [-0.05, 0) is 46.7 Å². The molecular formula is C15H31N3O. The summed E-state index contributed by atoms with van der Waals surface area (Å²) in [5, 5.41) is 6.43. The summed E-state index contributed by atoms with van der Waals surface area (Å²) in [6.07, 6.45) is 5.86. The first-order valence-corrected chi connectivity index (χ1v) is 7.79. The van der Waals surface area contributed by atoms with Crippen LogP contribution in [0.3, 0.4) is 0 Å². The fraction of sp³-hybridized carbons (Fsp3) is 0.933. The topological polar surface area (TPSA) is 44.4 Å². The molecule has 112 valence electrons. The summed E-state index contributed by atoms with van der Waals surface area (Å²) in [6.45, 7) is 8.04. The van der Waals surface area contributed by atoms with E-state index in [1.165, 1.54) is 19.3 Å². The molecule has 1 amide bonds. The normalized spacial score (nSPS) is 23.9. The molecule has 0 aromatic heterocycles. The Morgan fingerprint density at radius 1 is 1.37 bits per heavy atom. The molecule has 4 heteroatoms. The van der Waals surface area contributed by atoms with Gasteiger partial charge in [0.25, 0.3) is 0 Å². The Labute approximate surface area is 118 Å². The highest BCUT2D eigenvalue weighted by molar-refractivity contribution is 5.78. The number of nitrogens with zero attached hydrogens (tertiary/aromatic N) is 1. The first kappa shape index (κ1) is 16.4. The van der Waals surface area contributed by atoms with Crippen molar-refractivity contribution in [3.8, 4) is 0 Å². The first-order valence-electron chi connectivity index (χ1n) is 7.79. The van der Waals surface area contributed by atoms with Crippen molar-refractivity contribution in [2.24, 2.45) is 0 Å². The van der Waals surface area contributed by atoms with E-state index in [0.717, 1.165) is 19.4 Å². The molecule has 1 saturated heterocycles. The van der Waals surface area contributed by atoms with Crippen LogP contribution in [0, 0.1) is 0 Å². The monoisotopic (exact) mass is 269 g/mol. The van der Waals surface area contributed by atoms with Gasteiger partial charge in [0.15, 0.2) is 0 Å². The summed E-state index contributed by atoms with van der Waals surface area (Å²) in [5.74, 6) is 0.177. The quantitative estimate of drug-likeness (QED) is 0.740. The Morgan fingerprint density at radius 2 is 2.11 bits per heavy atom. The Hall–Kier alpha value is -0.610. The first-order chi connectivity index (χ1) is 9.08. The van der Waals surface area contributed by atoms with Crippen molar-refractivity contribution in [1.82, 2.24) is 15.5 Å². The molecule has 0 aromatic rings. The maximum atomic E-state index is 12.1. The van der Waals surface area contributed by atoms with Crippen molar-refractivity contribution in [2.45, 2.75) is 71.0 Å². The fourth-order valence-corrected chi connectivity index (χ4v) is 2.98. The van der Waals surface area contributed by atoms with Crippen molar-refractivity contribution in [2.75, 3.05) is 20.1 Å². The van der Waals surface area contributed by atoms with Crippen LogP contribution in [0.2, 0.25) is 0 Å². The van der Waals surface area contributed by atoms with Gasteiger partial charge < -0.3 is 10.6 Å². The van der Waals surface area contributed by atoms with Gasteiger partial charge in [0.05, 0.1) is 6.54 Å². The molecular weight excluding hydrogens is 238 g/mol. The molecule has 2 N–H and O–H groups in total. The molecule has 0 saturated carbocycles. The summed E-state index contributed by atoms with van der Waals surface area (Å²) in [7, 11) is 2.00. The number of rotatable bonds is 7. The van der Waals surface area contributed by atoms with E-state index < -0.39 is 0 Å². The molecule has 0 bridgehead atoms. The van der Waals surface area contributed by atoms with Crippen LogP contribution in [0.1, 0.15) is 52.9 Å². The van der Waals surface area contributed by atoms with Crippen molar-refractivity contribution in [3.63, 3.8) is 0 Å². The number of amides is 1. The lowest BCUT2D eigenvalue weighted by Gasteiger charge is -2.38. The van der Waals surface area contributed by atoms with Crippen molar-refractivity contribution in [3.05, 3.63) is 0 Å². The summed E-state index contributed by atoms with van der Waals surface area (Å²) >= 11 is 0. The van der Waals surface area contributed by atoms with E-state index in [1.54, 1.807) is 0 Å². The number of carbonyl (C=O) groups is 1. The summed E-state index contributed by atoms with van der Waals surface area (Å²) in [5.41, 5.74) is 0. The highest BCUT2D eigenvalue weighted by Gasteiger charge is 2.27. The van der Waals surface area contributed by atoms with Gasteiger partial charge in [-0.1, -0.05) is 19.8 Å².